The third kappa shape index (κ3) is 3.96. The van der Waals surface area contributed by atoms with Crippen LogP contribution in [0.15, 0.2) is 47.4 Å². The van der Waals surface area contributed by atoms with E-state index in [1.807, 2.05) is 0 Å². The van der Waals surface area contributed by atoms with Crippen molar-refractivity contribution in [3.05, 3.63) is 69.9 Å². The Kier molecular flexibility index (Phi) is 5.28. The Hall–Kier alpha value is -2.47. The predicted octanol–water partition coefficient (Wildman–Crippen LogP) is 2.02. The number of benzene rings is 1. The van der Waals surface area contributed by atoms with Gasteiger partial charge in [0.25, 0.3) is 11.5 Å². The summed E-state index contributed by atoms with van der Waals surface area (Å²) in [6, 6.07) is 9.40. The normalized spacial score (nSPS) is 18.0. The van der Waals surface area contributed by atoms with Crippen LogP contribution in [0.2, 0.25) is 0 Å². The summed E-state index contributed by atoms with van der Waals surface area (Å²) >= 11 is 0. The third-order valence-corrected chi connectivity index (χ3v) is 4.53. The van der Waals surface area contributed by atoms with Crippen molar-refractivity contribution in [2.45, 2.75) is 31.9 Å². The average molecular weight is 344 g/mol. The minimum Gasteiger partial charge on any atom is -0.393 e. The molecule has 1 saturated heterocycles. The fourth-order valence-electron chi connectivity index (χ4n) is 3.09. The topological polar surface area (TPSA) is 62.5 Å². The molecule has 1 aromatic carbocycles. The van der Waals surface area contributed by atoms with E-state index in [1.54, 1.807) is 35.4 Å². The number of amides is 1. The van der Waals surface area contributed by atoms with Gasteiger partial charge in [0, 0.05) is 24.8 Å². The third-order valence-electron chi connectivity index (χ3n) is 4.53. The number of nitrogens with zero attached hydrogens (tertiary/aromatic N) is 2. The number of halogens is 1. The summed E-state index contributed by atoms with van der Waals surface area (Å²) in [5.41, 5.74) is 0.0443. The lowest BCUT2D eigenvalue weighted by Crippen LogP contribution is -2.37. The standard InChI is InChI=1S/C19H21FN2O3/c20-17-8-2-1-5-14(17)13-22-11-4-7-16(19(22)25)18(24)21-10-3-6-15(23)9-12-21/h1-2,4-5,7-8,11,15,23H,3,6,9-10,12-13H2/t15-/m1/s1. The molecule has 0 spiro atoms. The molecule has 0 aliphatic carbocycles. The molecule has 1 amide bonds. The fourth-order valence-corrected chi connectivity index (χ4v) is 3.09. The molecule has 1 aliphatic rings. The van der Waals surface area contributed by atoms with Gasteiger partial charge in [0.05, 0.1) is 12.6 Å². The molecule has 0 unspecified atom stereocenters. The summed E-state index contributed by atoms with van der Waals surface area (Å²) in [5.74, 6) is -0.713. The van der Waals surface area contributed by atoms with Crippen molar-refractivity contribution < 1.29 is 14.3 Å². The maximum atomic E-state index is 13.8. The van der Waals surface area contributed by atoms with Gasteiger partial charge >= 0.3 is 0 Å². The highest BCUT2D eigenvalue weighted by molar-refractivity contribution is 5.93. The summed E-state index contributed by atoms with van der Waals surface area (Å²) in [4.78, 5) is 27.0. The van der Waals surface area contributed by atoms with E-state index in [0.29, 0.717) is 37.9 Å². The molecule has 5 nitrogen and oxygen atoms in total. The molecule has 132 valence electrons. The monoisotopic (exact) mass is 344 g/mol. The van der Waals surface area contributed by atoms with E-state index >= 15 is 0 Å². The lowest BCUT2D eigenvalue weighted by Gasteiger charge is -2.20. The van der Waals surface area contributed by atoms with E-state index in [0.717, 1.165) is 0 Å². The Morgan fingerprint density at radius 3 is 2.76 bits per heavy atom. The van der Waals surface area contributed by atoms with E-state index in [-0.39, 0.29) is 23.8 Å². The summed E-state index contributed by atoms with van der Waals surface area (Å²) in [5, 5.41) is 9.71. The summed E-state index contributed by atoms with van der Waals surface area (Å²) in [6.07, 6.45) is 3.05. The Morgan fingerprint density at radius 2 is 1.96 bits per heavy atom. The molecule has 3 rings (SSSR count). The van der Waals surface area contributed by atoms with Crippen molar-refractivity contribution >= 4 is 5.91 Å². The van der Waals surface area contributed by atoms with Crippen LogP contribution in [0.1, 0.15) is 35.2 Å². The zero-order valence-electron chi connectivity index (χ0n) is 13.9. The SMILES string of the molecule is O=C(c1cccn(Cc2ccccc2F)c1=O)N1CCC[C@@H](O)CC1. The molecular formula is C19H21FN2O3. The first-order valence-corrected chi connectivity index (χ1v) is 8.46. The molecule has 1 aromatic heterocycles. The first-order chi connectivity index (χ1) is 12.1. The fraction of sp³-hybridized carbons (Fsp3) is 0.368. The van der Waals surface area contributed by atoms with Gasteiger partial charge in [-0.3, -0.25) is 9.59 Å². The van der Waals surface area contributed by atoms with E-state index in [9.17, 15) is 19.1 Å². The van der Waals surface area contributed by atoms with Crippen LogP contribution in [0.4, 0.5) is 4.39 Å². The molecule has 1 atom stereocenters. The van der Waals surface area contributed by atoms with Crippen LogP contribution >= 0.6 is 0 Å². The van der Waals surface area contributed by atoms with Crippen LogP contribution in [0.5, 0.6) is 0 Å². The highest BCUT2D eigenvalue weighted by atomic mass is 19.1. The molecule has 25 heavy (non-hydrogen) atoms. The Labute approximate surface area is 145 Å². The number of hydrogen-bond acceptors (Lipinski definition) is 3. The predicted molar refractivity (Wildman–Crippen MR) is 92.0 cm³/mol. The average Bonchev–Trinajstić information content (AvgIpc) is 2.83. The minimum atomic E-state index is -0.430. The molecule has 0 radical (unpaired) electrons. The molecule has 2 heterocycles. The molecule has 0 saturated carbocycles. The number of carbonyl (C=O) groups excluding carboxylic acids is 1. The minimum absolute atomic E-state index is 0.0747. The number of aliphatic hydroxyl groups is 1. The Morgan fingerprint density at radius 1 is 1.16 bits per heavy atom. The zero-order valence-corrected chi connectivity index (χ0v) is 13.9. The molecule has 1 aliphatic heterocycles. The van der Waals surface area contributed by atoms with E-state index in [2.05, 4.69) is 0 Å². The number of hydrogen-bond donors (Lipinski definition) is 1. The largest absolute Gasteiger partial charge is 0.393 e. The second-order valence-electron chi connectivity index (χ2n) is 6.32. The van der Waals surface area contributed by atoms with Gasteiger partial charge in [-0.15, -0.1) is 0 Å². The van der Waals surface area contributed by atoms with Crippen molar-refractivity contribution in [3.63, 3.8) is 0 Å². The number of aromatic nitrogens is 1. The van der Waals surface area contributed by atoms with Crippen LogP contribution in [0.25, 0.3) is 0 Å². The van der Waals surface area contributed by atoms with E-state index < -0.39 is 11.7 Å². The molecule has 2 aromatic rings. The first-order valence-electron chi connectivity index (χ1n) is 8.46. The van der Waals surface area contributed by atoms with E-state index in [4.69, 9.17) is 0 Å². The summed E-state index contributed by atoms with van der Waals surface area (Å²) < 4.78 is 15.2. The van der Waals surface area contributed by atoms with Gasteiger partial charge in [-0.05, 0) is 37.5 Å². The second-order valence-corrected chi connectivity index (χ2v) is 6.32. The number of aliphatic hydroxyl groups excluding tert-OH is 1. The zero-order chi connectivity index (χ0) is 17.8. The molecule has 1 N–H and O–H groups in total. The van der Waals surface area contributed by atoms with Gasteiger partial charge in [0.2, 0.25) is 0 Å². The van der Waals surface area contributed by atoms with Gasteiger partial charge in [0.1, 0.15) is 11.4 Å². The van der Waals surface area contributed by atoms with Crippen LogP contribution < -0.4 is 5.56 Å². The Bertz CT molecular complexity index is 818. The number of rotatable bonds is 3. The van der Waals surface area contributed by atoms with Crippen LogP contribution in [0.3, 0.4) is 0 Å². The van der Waals surface area contributed by atoms with Crippen molar-refractivity contribution in [1.82, 2.24) is 9.47 Å². The number of pyridine rings is 1. The molecule has 6 heteroatoms. The maximum Gasteiger partial charge on any atom is 0.263 e. The summed E-state index contributed by atoms with van der Waals surface area (Å²) in [6.45, 7) is 1.03. The molecular weight excluding hydrogens is 323 g/mol. The first kappa shape index (κ1) is 17.4. The van der Waals surface area contributed by atoms with Crippen molar-refractivity contribution in [2.24, 2.45) is 0 Å². The van der Waals surface area contributed by atoms with Gasteiger partial charge < -0.3 is 14.6 Å². The van der Waals surface area contributed by atoms with E-state index in [1.165, 1.54) is 16.7 Å². The van der Waals surface area contributed by atoms with Gasteiger partial charge in [0.15, 0.2) is 0 Å². The lowest BCUT2D eigenvalue weighted by molar-refractivity contribution is 0.0750. The quantitative estimate of drug-likeness (QED) is 0.927. The van der Waals surface area contributed by atoms with Crippen LogP contribution in [0, 0.1) is 5.82 Å². The lowest BCUT2D eigenvalue weighted by atomic mass is 10.2. The van der Waals surface area contributed by atoms with Gasteiger partial charge in [-0.2, -0.15) is 0 Å². The van der Waals surface area contributed by atoms with Crippen LogP contribution in [-0.2, 0) is 6.54 Å². The van der Waals surface area contributed by atoms with Crippen LogP contribution in [-0.4, -0.2) is 39.7 Å². The molecule has 1 fully saturated rings. The van der Waals surface area contributed by atoms with Crippen molar-refractivity contribution in [1.29, 1.82) is 0 Å². The highest BCUT2D eigenvalue weighted by Gasteiger charge is 2.23. The Balaban J connectivity index is 1.84. The van der Waals surface area contributed by atoms with Gasteiger partial charge in [-0.1, -0.05) is 18.2 Å². The second kappa shape index (κ2) is 7.61. The number of likely N-dealkylation sites (tertiary alicyclic amines) is 1. The number of carbonyl (C=O) groups is 1. The molecule has 0 bridgehead atoms. The van der Waals surface area contributed by atoms with Crippen molar-refractivity contribution in [3.8, 4) is 0 Å². The van der Waals surface area contributed by atoms with Crippen molar-refractivity contribution in [2.75, 3.05) is 13.1 Å². The summed E-state index contributed by atoms with van der Waals surface area (Å²) in [7, 11) is 0. The maximum absolute atomic E-state index is 13.8. The smallest absolute Gasteiger partial charge is 0.263 e. The highest BCUT2D eigenvalue weighted by Crippen LogP contribution is 2.13. The van der Waals surface area contributed by atoms with Gasteiger partial charge in [-0.25, -0.2) is 4.39 Å².